The fraction of sp³-hybridized carbons (Fsp3) is 0.692. The highest BCUT2D eigenvalue weighted by molar-refractivity contribution is 5.31. The van der Waals surface area contributed by atoms with Gasteiger partial charge in [-0.3, -0.25) is 4.90 Å². The third-order valence-electron chi connectivity index (χ3n) is 4.02. The molecule has 1 heterocycles. The number of allylic oxidation sites excluding steroid dienone is 3. The molecule has 2 unspecified atom stereocenters. The van der Waals surface area contributed by atoms with Crippen LogP contribution in [0.5, 0.6) is 0 Å². The Morgan fingerprint density at radius 1 is 1.40 bits per heavy atom. The summed E-state index contributed by atoms with van der Waals surface area (Å²) in [5.74, 6) is 1.78. The van der Waals surface area contributed by atoms with Gasteiger partial charge in [0.2, 0.25) is 0 Å². The number of hydrogen-bond acceptors (Lipinski definition) is 2. The monoisotopic (exact) mass is 206 g/mol. The van der Waals surface area contributed by atoms with E-state index in [4.69, 9.17) is 5.73 Å². The molecule has 2 heteroatoms. The van der Waals surface area contributed by atoms with E-state index in [2.05, 4.69) is 23.1 Å². The van der Waals surface area contributed by atoms with Gasteiger partial charge in [0.1, 0.15) is 0 Å². The van der Waals surface area contributed by atoms with E-state index in [0.717, 1.165) is 11.8 Å². The molecule has 1 saturated heterocycles. The van der Waals surface area contributed by atoms with Crippen molar-refractivity contribution in [2.75, 3.05) is 19.6 Å². The minimum Gasteiger partial charge on any atom is -0.328 e. The van der Waals surface area contributed by atoms with Crippen LogP contribution in [0.4, 0.5) is 0 Å². The van der Waals surface area contributed by atoms with Crippen LogP contribution in [0.1, 0.15) is 20.7 Å². The van der Waals surface area contributed by atoms with Gasteiger partial charge in [-0.15, -0.1) is 0 Å². The number of likely N-dealkylation sites (tertiary alicyclic amines) is 1. The normalized spacial score (nSPS) is 36.2. The molecule has 15 heavy (non-hydrogen) atoms. The van der Waals surface area contributed by atoms with E-state index in [1.807, 2.05) is 0 Å². The number of nitrogens with two attached hydrogens (primary N) is 1. The molecule has 2 aliphatic carbocycles. The first-order valence-corrected chi connectivity index (χ1v) is 6.18. The van der Waals surface area contributed by atoms with Gasteiger partial charge in [-0.05, 0) is 44.2 Å². The van der Waals surface area contributed by atoms with Crippen molar-refractivity contribution in [1.82, 2.24) is 4.90 Å². The summed E-state index contributed by atoms with van der Waals surface area (Å²) in [4.78, 5) is 2.57. The van der Waals surface area contributed by atoms with Gasteiger partial charge in [0.15, 0.2) is 0 Å². The average molecular weight is 206 g/mol. The van der Waals surface area contributed by atoms with E-state index >= 15 is 0 Å². The zero-order valence-electron chi connectivity index (χ0n) is 9.23. The van der Waals surface area contributed by atoms with E-state index in [1.54, 1.807) is 5.57 Å². The van der Waals surface area contributed by atoms with Crippen LogP contribution in [0.25, 0.3) is 0 Å². The van der Waals surface area contributed by atoms with Gasteiger partial charge in [0.25, 0.3) is 0 Å². The Bertz CT molecular complexity index is 303. The van der Waals surface area contributed by atoms with Crippen molar-refractivity contribution in [3.05, 3.63) is 23.8 Å². The van der Waals surface area contributed by atoms with Crippen LogP contribution in [0.2, 0.25) is 0 Å². The third-order valence-corrected chi connectivity index (χ3v) is 4.02. The minimum absolute atomic E-state index is 0. The molecule has 1 saturated carbocycles. The first-order chi connectivity index (χ1) is 7.33. The second kappa shape index (κ2) is 3.76. The van der Waals surface area contributed by atoms with Crippen LogP contribution >= 0.6 is 0 Å². The van der Waals surface area contributed by atoms with Gasteiger partial charge < -0.3 is 5.73 Å². The number of piperidine rings is 1. The quantitative estimate of drug-likeness (QED) is 0.746. The average Bonchev–Trinajstić information content (AvgIpc) is 3.01. The van der Waals surface area contributed by atoms with Crippen LogP contribution in [0.15, 0.2) is 23.8 Å². The maximum absolute atomic E-state index is 5.91. The summed E-state index contributed by atoms with van der Waals surface area (Å²) in [6.07, 6.45) is 10.7. The predicted octanol–water partition coefficient (Wildman–Crippen LogP) is 1.79. The molecule has 3 rings (SSSR count). The van der Waals surface area contributed by atoms with Crippen molar-refractivity contribution in [1.29, 1.82) is 0 Å². The standard InChI is InChI=1S/C13H20N2.H2/c14-12-4-6-15(7-5-12)9-11-3-1-2-10-8-13(10)11;/h1-3,10,12-13H,4-9,14H2;1H. The number of rotatable bonds is 2. The fourth-order valence-corrected chi connectivity index (χ4v) is 2.84. The molecule has 3 aliphatic rings. The number of fused-ring (bicyclic) bond motifs is 1. The van der Waals surface area contributed by atoms with E-state index in [-0.39, 0.29) is 1.43 Å². The summed E-state index contributed by atoms with van der Waals surface area (Å²) in [5, 5.41) is 0. The molecule has 2 fully saturated rings. The molecule has 0 aromatic heterocycles. The molecule has 0 radical (unpaired) electrons. The summed E-state index contributed by atoms with van der Waals surface area (Å²) in [6, 6.07) is 0.454. The Hall–Kier alpha value is -0.600. The molecule has 84 valence electrons. The highest BCUT2D eigenvalue weighted by Gasteiger charge is 2.39. The largest absolute Gasteiger partial charge is 0.328 e. The van der Waals surface area contributed by atoms with E-state index in [9.17, 15) is 0 Å². The van der Waals surface area contributed by atoms with Gasteiger partial charge in [-0.1, -0.05) is 23.8 Å². The molecule has 1 aliphatic heterocycles. The van der Waals surface area contributed by atoms with Crippen molar-refractivity contribution < 1.29 is 1.43 Å². The van der Waals surface area contributed by atoms with E-state index < -0.39 is 0 Å². The second-order valence-electron chi connectivity index (χ2n) is 5.25. The highest BCUT2D eigenvalue weighted by Crippen LogP contribution is 2.47. The van der Waals surface area contributed by atoms with Crippen LogP contribution in [0.3, 0.4) is 0 Å². The minimum atomic E-state index is 0. The van der Waals surface area contributed by atoms with E-state index in [0.29, 0.717) is 6.04 Å². The highest BCUT2D eigenvalue weighted by atomic mass is 15.1. The zero-order chi connectivity index (χ0) is 10.3. The Labute approximate surface area is 93.3 Å². The third kappa shape index (κ3) is 2.01. The lowest BCUT2D eigenvalue weighted by molar-refractivity contribution is 0.226. The van der Waals surface area contributed by atoms with Gasteiger partial charge in [0, 0.05) is 14.0 Å². The maximum atomic E-state index is 5.91. The molecule has 0 aromatic carbocycles. The maximum Gasteiger partial charge on any atom is 0.0199 e. The Morgan fingerprint density at radius 3 is 3.00 bits per heavy atom. The molecule has 0 amide bonds. The molecule has 0 aromatic rings. The summed E-state index contributed by atoms with van der Waals surface area (Å²) in [6.45, 7) is 3.58. The zero-order valence-corrected chi connectivity index (χ0v) is 9.23. The van der Waals surface area contributed by atoms with Crippen molar-refractivity contribution in [3.8, 4) is 0 Å². The Balaban J connectivity index is 0.000000963. The lowest BCUT2D eigenvalue weighted by Crippen LogP contribution is -2.40. The lowest BCUT2D eigenvalue weighted by Gasteiger charge is -2.31. The van der Waals surface area contributed by atoms with Gasteiger partial charge in [0.05, 0.1) is 0 Å². The van der Waals surface area contributed by atoms with Crippen molar-refractivity contribution in [2.24, 2.45) is 17.6 Å². The van der Waals surface area contributed by atoms with Crippen LogP contribution in [-0.4, -0.2) is 30.6 Å². The summed E-state index contributed by atoms with van der Waals surface area (Å²) >= 11 is 0. The number of nitrogens with zero attached hydrogens (tertiary/aromatic N) is 1. The first-order valence-electron chi connectivity index (χ1n) is 6.18. The van der Waals surface area contributed by atoms with Gasteiger partial charge in [-0.25, -0.2) is 0 Å². The molecular formula is C13H22N2. The predicted molar refractivity (Wildman–Crippen MR) is 64.6 cm³/mol. The summed E-state index contributed by atoms with van der Waals surface area (Å²) in [5.41, 5.74) is 7.58. The van der Waals surface area contributed by atoms with Crippen LogP contribution < -0.4 is 5.73 Å². The second-order valence-corrected chi connectivity index (χ2v) is 5.25. The molecule has 2 N–H and O–H groups in total. The number of hydrogen-bond donors (Lipinski definition) is 1. The summed E-state index contributed by atoms with van der Waals surface area (Å²) < 4.78 is 0. The van der Waals surface area contributed by atoms with Crippen molar-refractivity contribution >= 4 is 0 Å². The van der Waals surface area contributed by atoms with E-state index in [1.165, 1.54) is 38.9 Å². The fourth-order valence-electron chi connectivity index (χ4n) is 2.84. The smallest absolute Gasteiger partial charge is 0.0199 e. The molecule has 2 atom stereocenters. The van der Waals surface area contributed by atoms with Crippen molar-refractivity contribution in [2.45, 2.75) is 25.3 Å². The lowest BCUT2D eigenvalue weighted by atomic mass is 10.0. The van der Waals surface area contributed by atoms with Crippen LogP contribution in [-0.2, 0) is 0 Å². The van der Waals surface area contributed by atoms with Gasteiger partial charge in [-0.2, -0.15) is 0 Å². The summed E-state index contributed by atoms with van der Waals surface area (Å²) in [7, 11) is 0. The first kappa shape index (κ1) is 9.61. The molecular weight excluding hydrogens is 184 g/mol. The molecule has 0 spiro atoms. The SMILES string of the molecule is NC1CCN(CC2=CC=CC3CC23)CC1.[HH]. The Morgan fingerprint density at radius 2 is 2.20 bits per heavy atom. The molecule has 0 bridgehead atoms. The Kier molecular flexibility index (Phi) is 2.41. The topological polar surface area (TPSA) is 29.3 Å². The van der Waals surface area contributed by atoms with Crippen LogP contribution in [0, 0.1) is 11.8 Å². The van der Waals surface area contributed by atoms with Crippen molar-refractivity contribution in [3.63, 3.8) is 0 Å². The van der Waals surface area contributed by atoms with Gasteiger partial charge >= 0.3 is 0 Å². The molecule has 2 nitrogen and oxygen atoms in total.